The monoisotopic (exact) mass is 337 g/mol. The van der Waals surface area contributed by atoms with E-state index in [0.717, 1.165) is 50.8 Å². The lowest BCUT2D eigenvalue weighted by Gasteiger charge is -2.11. The minimum absolute atomic E-state index is 0.737. The third-order valence-electron chi connectivity index (χ3n) is 4.35. The van der Waals surface area contributed by atoms with Crippen molar-refractivity contribution in [1.82, 2.24) is 10.2 Å². The Labute approximate surface area is 145 Å². The van der Waals surface area contributed by atoms with Crippen LogP contribution in [0.1, 0.15) is 0 Å². The van der Waals surface area contributed by atoms with Gasteiger partial charge in [0.15, 0.2) is 0 Å². The number of aromatic nitrogens is 2. The van der Waals surface area contributed by atoms with Crippen LogP contribution in [-0.4, -0.2) is 31.5 Å². The highest BCUT2D eigenvalue weighted by atomic mass is 16.5. The number of hydrogen-bond acceptors (Lipinski definition) is 4. The molecular formula is C19H19N3O3. The van der Waals surface area contributed by atoms with Crippen LogP contribution in [0.4, 0.5) is 11.5 Å². The van der Waals surface area contributed by atoms with Crippen molar-refractivity contribution >= 4 is 22.3 Å². The fourth-order valence-corrected chi connectivity index (χ4v) is 3.06. The van der Waals surface area contributed by atoms with E-state index in [2.05, 4.69) is 27.6 Å². The summed E-state index contributed by atoms with van der Waals surface area (Å²) in [5, 5.41) is 12.1. The van der Waals surface area contributed by atoms with Crippen molar-refractivity contribution < 1.29 is 14.2 Å². The highest BCUT2D eigenvalue weighted by molar-refractivity contribution is 6.04. The van der Waals surface area contributed by atoms with Crippen molar-refractivity contribution in [2.75, 3.05) is 26.6 Å². The molecule has 6 nitrogen and oxygen atoms in total. The molecule has 0 radical (unpaired) electrons. The number of hydrogen-bond donors (Lipinski definition) is 3. The van der Waals surface area contributed by atoms with Gasteiger partial charge in [-0.1, -0.05) is 0 Å². The molecule has 2 aliphatic rings. The summed E-state index contributed by atoms with van der Waals surface area (Å²) in [5.41, 5.74) is 2.93. The molecule has 2 aromatic carbocycles. The number of H-pyrrole nitrogens is 2. The topological polar surface area (TPSA) is 71.3 Å². The summed E-state index contributed by atoms with van der Waals surface area (Å²) in [7, 11) is 4.96. The zero-order valence-corrected chi connectivity index (χ0v) is 14.3. The van der Waals surface area contributed by atoms with Crippen LogP contribution in [0.3, 0.4) is 0 Å². The summed E-state index contributed by atoms with van der Waals surface area (Å²) in [6.45, 7) is 0. The fourth-order valence-electron chi connectivity index (χ4n) is 3.06. The third kappa shape index (κ3) is 2.52. The molecule has 0 unspecified atom stereocenters. The summed E-state index contributed by atoms with van der Waals surface area (Å²) in [6, 6.07) is 13.8. The molecule has 0 atom stereocenters. The van der Waals surface area contributed by atoms with Gasteiger partial charge in [-0.2, -0.15) is 0 Å². The highest BCUT2D eigenvalue weighted by Gasteiger charge is 2.18. The van der Waals surface area contributed by atoms with E-state index in [1.807, 2.05) is 30.3 Å². The van der Waals surface area contributed by atoms with Gasteiger partial charge in [-0.3, -0.25) is 10.2 Å². The number of aromatic amines is 2. The Hall–Kier alpha value is -3.28. The number of methoxy groups -OCH3 is 3. The Kier molecular flexibility index (Phi) is 3.65. The van der Waals surface area contributed by atoms with Gasteiger partial charge in [0.2, 0.25) is 0 Å². The van der Waals surface area contributed by atoms with Gasteiger partial charge >= 0.3 is 0 Å². The molecule has 25 heavy (non-hydrogen) atoms. The number of nitrogens with one attached hydrogen (secondary N) is 3. The summed E-state index contributed by atoms with van der Waals surface area (Å²) >= 11 is 0. The Morgan fingerprint density at radius 2 is 1.56 bits per heavy atom. The van der Waals surface area contributed by atoms with E-state index in [4.69, 9.17) is 14.2 Å². The van der Waals surface area contributed by atoms with Crippen LogP contribution in [0.25, 0.3) is 22.0 Å². The van der Waals surface area contributed by atoms with Gasteiger partial charge in [0.1, 0.15) is 23.1 Å². The van der Waals surface area contributed by atoms with Gasteiger partial charge in [-0.05, 0) is 41.8 Å². The molecule has 0 saturated carbocycles. The maximum absolute atomic E-state index is 5.44. The zero-order chi connectivity index (χ0) is 17.4. The van der Waals surface area contributed by atoms with E-state index < -0.39 is 0 Å². The Morgan fingerprint density at radius 1 is 0.800 bits per heavy atom. The van der Waals surface area contributed by atoms with E-state index in [0.29, 0.717) is 0 Å². The average molecular weight is 337 g/mol. The van der Waals surface area contributed by atoms with Crippen LogP contribution >= 0.6 is 0 Å². The molecule has 1 heterocycles. The SMILES string of the molecule is COc1ccc(OC)c(Nc2[nH][nH]c3c4ccc(OC)cc4cc2-3)c1. The Balaban J connectivity index is 1.76. The number of anilines is 2. The molecule has 0 bridgehead atoms. The summed E-state index contributed by atoms with van der Waals surface area (Å²) in [6.07, 6.45) is 0. The maximum atomic E-state index is 5.44. The number of ether oxygens (including phenoxy) is 3. The smallest absolute Gasteiger partial charge is 0.142 e. The van der Waals surface area contributed by atoms with Crippen molar-refractivity contribution in [1.29, 1.82) is 0 Å². The van der Waals surface area contributed by atoms with Crippen LogP contribution in [0.5, 0.6) is 17.2 Å². The van der Waals surface area contributed by atoms with Crippen LogP contribution in [0.15, 0.2) is 42.5 Å². The molecule has 0 spiro atoms. The molecule has 1 aliphatic heterocycles. The van der Waals surface area contributed by atoms with E-state index in [-0.39, 0.29) is 0 Å². The standard InChI is InChI=1S/C19H19N3O3/c1-23-12-4-6-14-11(8-12)9-15-18(14)21-22-19(15)20-16-10-13(24-2)5-7-17(16)25-3/h4-10,20-22H,1-3H3. The van der Waals surface area contributed by atoms with Gasteiger partial charge in [-0.25, -0.2) is 0 Å². The van der Waals surface area contributed by atoms with Crippen LogP contribution in [-0.2, 0) is 0 Å². The molecular weight excluding hydrogens is 318 g/mol. The van der Waals surface area contributed by atoms with Gasteiger partial charge in [0.05, 0.1) is 32.7 Å². The lowest BCUT2D eigenvalue weighted by atomic mass is 10.2. The van der Waals surface area contributed by atoms with E-state index in [9.17, 15) is 0 Å². The number of benzene rings is 2. The molecule has 0 amide bonds. The largest absolute Gasteiger partial charge is 0.497 e. The highest BCUT2D eigenvalue weighted by Crippen LogP contribution is 2.41. The van der Waals surface area contributed by atoms with Crippen LogP contribution in [0, 0.1) is 0 Å². The summed E-state index contributed by atoms with van der Waals surface area (Å²) in [4.78, 5) is 0. The molecule has 4 rings (SSSR count). The first-order chi connectivity index (χ1) is 12.2. The van der Waals surface area contributed by atoms with Gasteiger partial charge < -0.3 is 19.5 Å². The summed E-state index contributed by atoms with van der Waals surface area (Å²) in [5.74, 6) is 3.19. The third-order valence-corrected chi connectivity index (χ3v) is 4.35. The molecule has 0 fully saturated rings. The van der Waals surface area contributed by atoms with Gasteiger partial charge in [-0.15, -0.1) is 0 Å². The summed E-state index contributed by atoms with van der Waals surface area (Å²) < 4.78 is 16.1. The van der Waals surface area contributed by atoms with Gasteiger partial charge in [0, 0.05) is 17.0 Å². The molecule has 6 heteroatoms. The first-order valence-corrected chi connectivity index (χ1v) is 7.89. The second kappa shape index (κ2) is 5.98. The molecule has 1 aliphatic carbocycles. The fraction of sp³-hybridized carbons (Fsp3) is 0.158. The van der Waals surface area contributed by atoms with Crippen LogP contribution < -0.4 is 19.5 Å². The van der Waals surface area contributed by atoms with E-state index in [1.165, 1.54) is 0 Å². The predicted molar refractivity (Wildman–Crippen MR) is 98.7 cm³/mol. The first kappa shape index (κ1) is 15.3. The second-order valence-corrected chi connectivity index (χ2v) is 5.70. The van der Waals surface area contributed by atoms with Gasteiger partial charge in [0.25, 0.3) is 0 Å². The zero-order valence-electron chi connectivity index (χ0n) is 14.3. The van der Waals surface area contributed by atoms with E-state index in [1.54, 1.807) is 21.3 Å². The Morgan fingerprint density at radius 3 is 2.32 bits per heavy atom. The van der Waals surface area contributed by atoms with Crippen molar-refractivity contribution in [3.8, 4) is 28.5 Å². The number of rotatable bonds is 5. The number of fused-ring (bicyclic) bond motifs is 3. The van der Waals surface area contributed by atoms with Crippen LogP contribution in [0.2, 0.25) is 0 Å². The molecule has 0 aromatic heterocycles. The molecule has 3 N–H and O–H groups in total. The van der Waals surface area contributed by atoms with Crippen molar-refractivity contribution in [3.63, 3.8) is 0 Å². The average Bonchev–Trinajstić information content (AvgIpc) is 3.20. The van der Waals surface area contributed by atoms with E-state index >= 15 is 0 Å². The lowest BCUT2D eigenvalue weighted by molar-refractivity contribution is 0.405. The van der Waals surface area contributed by atoms with Crippen molar-refractivity contribution in [2.24, 2.45) is 0 Å². The molecule has 128 valence electrons. The predicted octanol–water partition coefficient (Wildman–Crippen LogP) is 4.37. The quantitative estimate of drug-likeness (QED) is 0.506. The van der Waals surface area contributed by atoms with Crippen molar-refractivity contribution in [2.45, 2.75) is 0 Å². The first-order valence-electron chi connectivity index (χ1n) is 7.89. The Bertz CT molecular complexity index is 1000. The minimum atomic E-state index is 0.737. The van der Waals surface area contributed by atoms with Crippen molar-refractivity contribution in [3.05, 3.63) is 42.5 Å². The minimum Gasteiger partial charge on any atom is -0.497 e. The lowest BCUT2D eigenvalue weighted by Crippen LogP contribution is -1.96. The maximum Gasteiger partial charge on any atom is 0.142 e. The molecule has 2 aromatic rings. The second-order valence-electron chi connectivity index (χ2n) is 5.70. The molecule has 0 saturated heterocycles. The normalized spacial score (nSPS) is 11.0.